The van der Waals surface area contributed by atoms with Crippen LogP contribution in [0.5, 0.6) is 0 Å². The maximum atomic E-state index is 11.0. The number of carbonyl (C=O) groups excluding carboxylic acids is 1. The Morgan fingerprint density at radius 3 is 2.29 bits per heavy atom. The molecule has 1 fully saturated rings. The van der Waals surface area contributed by atoms with Crippen molar-refractivity contribution in [3.8, 4) is 0 Å². The molecule has 17 heavy (non-hydrogen) atoms. The van der Waals surface area contributed by atoms with E-state index >= 15 is 0 Å². The molecule has 4 nitrogen and oxygen atoms in total. The molecule has 1 aliphatic heterocycles. The first kappa shape index (κ1) is 11.9. The van der Waals surface area contributed by atoms with Gasteiger partial charge < -0.3 is 10.6 Å². The highest BCUT2D eigenvalue weighted by atomic mass is 16.1. The minimum Gasteiger partial charge on any atom is -0.399 e. The second-order valence-corrected chi connectivity index (χ2v) is 4.56. The molecule has 1 aromatic carbocycles. The van der Waals surface area contributed by atoms with Crippen LogP contribution in [0.1, 0.15) is 6.92 Å². The smallest absolute Gasteiger partial charge is 0.143 e. The average molecular weight is 233 g/mol. The van der Waals surface area contributed by atoms with Gasteiger partial charge in [-0.1, -0.05) is 0 Å². The summed E-state index contributed by atoms with van der Waals surface area (Å²) in [5, 5.41) is 0. The summed E-state index contributed by atoms with van der Waals surface area (Å²) >= 11 is 0. The second kappa shape index (κ2) is 5.19. The van der Waals surface area contributed by atoms with Gasteiger partial charge in [-0.05, 0) is 31.2 Å². The Bertz CT molecular complexity index is 380. The maximum absolute atomic E-state index is 11.0. The molecule has 0 amide bonds. The van der Waals surface area contributed by atoms with Gasteiger partial charge in [0.15, 0.2) is 0 Å². The Kier molecular flexibility index (Phi) is 3.64. The Balaban J connectivity index is 1.90. The lowest BCUT2D eigenvalue weighted by Crippen LogP contribution is -2.47. The molecule has 0 aliphatic carbocycles. The number of hydrogen-bond acceptors (Lipinski definition) is 4. The third-order valence-corrected chi connectivity index (χ3v) is 3.08. The summed E-state index contributed by atoms with van der Waals surface area (Å²) in [6.07, 6.45) is 0. The minimum absolute atomic E-state index is 0.242. The number of Topliss-reactive ketones (excluding diaryl/α,β-unsaturated/α-hetero) is 1. The van der Waals surface area contributed by atoms with Gasteiger partial charge in [0.25, 0.3) is 0 Å². The molecule has 2 N–H and O–H groups in total. The number of piperazine rings is 1. The van der Waals surface area contributed by atoms with Crippen molar-refractivity contribution >= 4 is 17.2 Å². The molecule has 0 aromatic heterocycles. The number of nitrogens with zero attached hydrogens (tertiary/aromatic N) is 2. The Morgan fingerprint density at radius 1 is 1.18 bits per heavy atom. The minimum atomic E-state index is 0.242. The van der Waals surface area contributed by atoms with Crippen LogP contribution in [0.2, 0.25) is 0 Å². The zero-order valence-electron chi connectivity index (χ0n) is 10.2. The summed E-state index contributed by atoms with van der Waals surface area (Å²) in [5.74, 6) is 0.242. The molecule has 4 heteroatoms. The first-order valence-corrected chi connectivity index (χ1v) is 5.97. The van der Waals surface area contributed by atoms with Gasteiger partial charge in [0.05, 0.1) is 6.54 Å². The van der Waals surface area contributed by atoms with Crippen molar-refractivity contribution in [2.45, 2.75) is 6.92 Å². The first-order valence-electron chi connectivity index (χ1n) is 5.97. The fourth-order valence-corrected chi connectivity index (χ4v) is 2.16. The van der Waals surface area contributed by atoms with E-state index in [4.69, 9.17) is 5.73 Å². The van der Waals surface area contributed by atoms with Crippen LogP contribution in [-0.4, -0.2) is 43.4 Å². The Morgan fingerprint density at radius 2 is 1.76 bits per heavy atom. The summed E-state index contributed by atoms with van der Waals surface area (Å²) < 4.78 is 0. The van der Waals surface area contributed by atoms with Crippen LogP contribution in [0.3, 0.4) is 0 Å². The number of ketones is 1. The molecule has 2 rings (SSSR count). The van der Waals surface area contributed by atoms with Gasteiger partial charge in [-0.3, -0.25) is 9.69 Å². The Labute approximate surface area is 102 Å². The van der Waals surface area contributed by atoms with Crippen molar-refractivity contribution in [1.82, 2.24) is 4.90 Å². The average Bonchev–Trinajstić information content (AvgIpc) is 2.30. The van der Waals surface area contributed by atoms with Gasteiger partial charge in [0.2, 0.25) is 0 Å². The molecular formula is C13H19N3O. The fourth-order valence-electron chi connectivity index (χ4n) is 2.16. The highest BCUT2D eigenvalue weighted by Crippen LogP contribution is 2.17. The standard InChI is InChI=1S/C13H19N3O/c1-11(17)10-15-6-8-16(9-7-15)13-4-2-12(14)3-5-13/h2-5H,6-10,14H2,1H3. The third kappa shape index (κ3) is 3.20. The van der Waals surface area contributed by atoms with E-state index in [0.29, 0.717) is 6.54 Å². The van der Waals surface area contributed by atoms with Crippen molar-refractivity contribution in [3.63, 3.8) is 0 Å². The van der Waals surface area contributed by atoms with E-state index in [1.54, 1.807) is 6.92 Å². The van der Waals surface area contributed by atoms with E-state index in [1.165, 1.54) is 5.69 Å². The lowest BCUT2D eigenvalue weighted by molar-refractivity contribution is -0.118. The van der Waals surface area contributed by atoms with Gasteiger partial charge in [-0.15, -0.1) is 0 Å². The largest absolute Gasteiger partial charge is 0.399 e. The van der Waals surface area contributed by atoms with E-state index in [0.717, 1.165) is 31.9 Å². The summed E-state index contributed by atoms with van der Waals surface area (Å²) in [6.45, 7) is 6.06. The van der Waals surface area contributed by atoms with Crippen LogP contribution in [0, 0.1) is 0 Å². The van der Waals surface area contributed by atoms with E-state index in [-0.39, 0.29) is 5.78 Å². The van der Waals surface area contributed by atoms with Crippen molar-refractivity contribution in [2.75, 3.05) is 43.4 Å². The molecule has 1 aromatic rings. The second-order valence-electron chi connectivity index (χ2n) is 4.56. The van der Waals surface area contributed by atoms with Crippen LogP contribution < -0.4 is 10.6 Å². The summed E-state index contributed by atoms with van der Waals surface area (Å²) in [7, 11) is 0. The van der Waals surface area contributed by atoms with Gasteiger partial charge in [-0.25, -0.2) is 0 Å². The number of anilines is 2. The number of nitrogen functional groups attached to an aromatic ring is 1. The SMILES string of the molecule is CC(=O)CN1CCN(c2ccc(N)cc2)CC1. The predicted octanol–water partition coefficient (Wildman–Crippen LogP) is 0.980. The molecule has 0 spiro atoms. The molecule has 1 saturated heterocycles. The number of nitrogens with two attached hydrogens (primary N) is 1. The summed E-state index contributed by atoms with van der Waals surface area (Å²) in [6, 6.07) is 7.96. The highest BCUT2D eigenvalue weighted by Gasteiger charge is 2.17. The van der Waals surface area contributed by atoms with E-state index < -0.39 is 0 Å². The monoisotopic (exact) mass is 233 g/mol. The van der Waals surface area contributed by atoms with Crippen molar-refractivity contribution in [3.05, 3.63) is 24.3 Å². The van der Waals surface area contributed by atoms with Gasteiger partial charge in [0, 0.05) is 37.6 Å². The number of rotatable bonds is 3. The van der Waals surface area contributed by atoms with Crippen LogP contribution in [0.25, 0.3) is 0 Å². The van der Waals surface area contributed by atoms with Crippen LogP contribution in [0.15, 0.2) is 24.3 Å². The normalized spacial score (nSPS) is 17.1. The molecule has 0 unspecified atom stereocenters. The lowest BCUT2D eigenvalue weighted by atomic mass is 10.2. The van der Waals surface area contributed by atoms with Crippen LogP contribution in [0.4, 0.5) is 11.4 Å². The third-order valence-electron chi connectivity index (χ3n) is 3.08. The van der Waals surface area contributed by atoms with E-state index in [2.05, 4.69) is 21.9 Å². The Hall–Kier alpha value is -1.55. The molecule has 0 atom stereocenters. The predicted molar refractivity (Wildman–Crippen MR) is 70.2 cm³/mol. The quantitative estimate of drug-likeness (QED) is 0.791. The molecule has 1 aliphatic rings. The zero-order chi connectivity index (χ0) is 12.3. The number of hydrogen-bond donors (Lipinski definition) is 1. The van der Waals surface area contributed by atoms with Gasteiger partial charge >= 0.3 is 0 Å². The van der Waals surface area contributed by atoms with E-state index in [1.807, 2.05) is 12.1 Å². The zero-order valence-corrected chi connectivity index (χ0v) is 10.2. The topological polar surface area (TPSA) is 49.6 Å². The molecule has 0 bridgehead atoms. The lowest BCUT2D eigenvalue weighted by Gasteiger charge is -2.35. The number of benzene rings is 1. The molecular weight excluding hydrogens is 214 g/mol. The van der Waals surface area contributed by atoms with Crippen molar-refractivity contribution in [2.24, 2.45) is 0 Å². The number of carbonyl (C=O) groups is 1. The van der Waals surface area contributed by atoms with Crippen molar-refractivity contribution in [1.29, 1.82) is 0 Å². The van der Waals surface area contributed by atoms with Crippen molar-refractivity contribution < 1.29 is 4.79 Å². The molecule has 92 valence electrons. The summed E-state index contributed by atoms with van der Waals surface area (Å²) in [4.78, 5) is 15.6. The van der Waals surface area contributed by atoms with Gasteiger partial charge in [0.1, 0.15) is 5.78 Å². The summed E-state index contributed by atoms with van der Waals surface area (Å²) in [5.41, 5.74) is 7.67. The maximum Gasteiger partial charge on any atom is 0.143 e. The molecule has 1 heterocycles. The fraction of sp³-hybridized carbons (Fsp3) is 0.462. The highest BCUT2D eigenvalue weighted by molar-refractivity contribution is 5.77. The van der Waals surface area contributed by atoms with Crippen LogP contribution in [-0.2, 0) is 4.79 Å². The molecule has 0 saturated carbocycles. The first-order chi connectivity index (χ1) is 8.15. The van der Waals surface area contributed by atoms with E-state index in [9.17, 15) is 4.79 Å². The molecule has 0 radical (unpaired) electrons. The van der Waals surface area contributed by atoms with Gasteiger partial charge in [-0.2, -0.15) is 0 Å². The van der Waals surface area contributed by atoms with Crippen LogP contribution >= 0.6 is 0 Å².